The highest BCUT2D eigenvalue weighted by molar-refractivity contribution is 8.00. The summed E-state index contributed by atoms with van der Waals surface area (Å²) in [7, 11) is 5.78. The molecule has 1 rings (SSSR count). The van der Waals surface area contributed by atoms with Crippen LogP contribution in [-0.2, 0) is 0 Å². The fraction of sp³-hybridized carbons (Fsp3) is 0.462. The smallest absolute Gasteiger partial charge is 0.193 e. The highest BCUT2D eigenvalue weighted by Crippen LogP contribution is 2.21. The van der Waals surface area contributed by atoms with Crippen molar-refractivity contribution in [2.45, 2.75) is 17.1 Å². The van der Waals surface area contributed by atoms with Gasteiger partial charge in [-0.2, -0.15) is 0 Å². The molecular weight excluding hydrogens is 230 g/mol. The van der Waals surface area contributed by atoms with Crippen LogP contribution in [0.25, 0.3) is 0 Å². The van der Waals surface area contributed by atoms with Gasteiger partial charge in [-0.3, -0.25) is 4.99 Å². The van der Waals surface area contributed by atoms with E-state index in [0.717, 1.165) is 12.5 Å². The fourth-order valence-electron chi connectivity index (χ4n) is 1.45. The SMILES string of the molecule is CN=C(NCC(C)Sc1ccccc1)N(C)C. The zero-order chi connectivity index (χ0) is 12.7. The van der Waals surface area contributed by atoms with E-state index < -0.39 is 0 Å². The minimum absolute atomic E-state index is 0.508. The summed E-state index contributed by atoms with van der Waals surface area (Å²) in [5.74, 6) is 0.922. The van der Waals surface area contributed by atoms with Crippen molar-refractivity contribution in [1.82, 2.24) is 10.2 Å². The lowest BCUT2D eigenvalue weighted by molar-refractivity contribution is 0.583. The van der Waals surface area contributed by atoms with Crippen LogP contribution in [0.15, 0.2) is 40.2 Å². The molecule has 3 nitrogen and oxygen atoms in total. The number of aliphatic imine (C=N–C) groups is 1. The summed E-state index contributed by atoms with van der Waals surface area (Å²) in [6, 6.07) is 10.5. The van der Waals surface area contributed by atoms with E-state index >= 15 is 0 Å². The summed E-state index contributed by atoms with van der Waals surface area (Å²) in [6.07, 6.45) is 0. The zero-order valence-electron chi connectivity index (χ0n) is 11.0. The first kappa shape index (κ1) is 13.9. The van der Waals surface area contributed by atoms with E-state index in [1.165, 1.54) is 4.90 Å². The summed E-state index contributed by atoms with van der Waals surface area (Å²) in [4.78, 5) is 7.48. The first-order valence-electron chi connectivity index (χ1n) is 5.73. The highest BCUT2D eigenvalue weighted by Gasteiger charge is 2.06. The lowest BCUT2D eigenvalue weighted by atomic mass is 10.4. The van der Waals surface area contributed by atoms with Gasteiger partial charge in [0.15, 0.2) is 5.96 Å². The molecule has 1 atom stereocenters. The van der Waals surface area contributed by atoms with Crippen LogP contribution in [0.3, 0.4) is 0 Å². The standard InChI is InChI=1S/C13H21N3S/c1-11(10-15-13(14-2)16(3)4)17-12-8-6-5-7-9-12/h5-9,11H,10H2,1-4H3,(H,14,15). The van der Waals surface area contributed by atoms with E-state index in [2.05, 4.69) is 41.5 Å². The van der Waals surface area contributed by atoms with Gasteiger partial charge in [0.2, 0.25) is 0 Å². The van der Waals surface area contributed by atoms with Gasteiger partial charge in [-0.15, -0.1) is 11.8 Å². The molecule has 0 aromatic heterocycles. The van der Waals surface area contributed by atoms with Gasteiger partial charge in [-0.05, 0) is 12.1 Å². The van der Waals surface area contributed by atoms with E-state index in [0.29, 0.717) is 5.25 Å². The van der Waals surface area contributed by atoms with E-state index in [9.17, 15) is 0 Å². The lowest BCUT2D eigenvalue weighted by Gasteiger charge is -2.19. The summed E-state index contributed by atoms with van der Waals surface area (Å²) in [5.41, 5.74) is 0. The second kappa shape index (κ2) is 7.22. The second-order valence-corrected chi connectivity index (χ2v) is 5.58. The molecule has 1 unspecified atom stereocenters. The predicted octanol–water partition coefficient (Wildman–Crippen LogP) is 2.30. The number of hydrogen-bond acceptors (Lipinski definition) is 2. The first-order chi connectivity index (χ1) is 8.13. The maximum atomic E-state index is 4.19. The predicted molar refractivity (Wildman–Crippen MR) is 76.8 cm³/mol. The van der Waals surface area contributed by atoms with Gasteiger partial charge in [0.25, 0.3) is 0 Å². The van der Waals surface area contributed by atoms with Gasteiger partial charge in [-0.25, -0.2) is 0 Å². The average molecular weight is 251 g/mol. The Hall–Kier alpha value is -1.16. The van der Waals surface area contributed by atoms with Crippen LogP contribution in [0.5, 0.6) is 0 Å². The van der Waals surface area contributed by atoms with Crippen LogP contribution < -0.4 is 5.32 Å². The van der Waals surface area contributed by atoms with Crippen molar-refractivity contribution in [1.29, 1.82) is 0 Å². The molecule has 1 aromatic rings. The Morgan fingerprint density at radius 2 is 2.00 bits per heavy atom. The molecule has 4 heteroatoms. The maximum absolute atomic E-state index is 4.19. The Kier molecular flexibility index (Phi) is 5.91. The van der Waals surface area contributed by atoms with Crippen LogP contribution in [0.1, 0.15) is 6.92 Å². The molecule has 0 radical (unpaired) electrons. The molecule has 0 fully saturated rings. The van der Waals surface area contributed by atoms with Crippen LogP contribution >= 0.6 is 11.8 Å². The molecule has 0 saturated heterocycles. The third-order valence-electron chi connectivity index (χ3n) is 2.26. The minimum Gasteiger partial charge on any atom is -0.355 e. The number of hydrogen-bond donors (Lipinski definition) is 1. The molecule has 94 valence electrons. The molecule has 0 saturated carbocycles. The Bertz CT molecular complexity index is 349. The number of nitrogens with zero attached hydrogens (tertiary/aromatic N) is 2. The summed E-state index contributed by atoms with van der Waals surface area (Å²) >= 11 is 1.87. The first-order valence-corrected chi connectivity index (χ1v) is 6.61. The van der Waals surface area contributed by atoms with E-state index in [-0.39, 0.29) is 0 Å². The second-order valence-electron chi connectivity index (χ2n) is 4.06. The molecule has 0 aliphatic rings. The molecule has 0 spiro atoms. The number of guanidine groups is 1. The molecule has 1 aromatic carbocycles. The molecule has 0 heterocycles. The third-order valence-corrected chi connectivity index (χ3v) is 3.38. The van der Waals surface area contributed by atoms with Gasteiger partial charge in [0, 0.05) is 37.8 Å². The molecular formula is C13H21N3S. The zero-order valence-corrected chi connectivity index (χ0v) is 11.8. The summed E-state index contributed by atoms with van der Waals surface area (Å²) in [6.45, 7) is 3.12. The minimum atomic E-state index is 0.508. The molecule has 0 aliphatic carbocycles. The monoisotopic (exact) mass is 251 g/mol. The molecule has 0 bridgehead atoms. The van der Waals surface area contributed by atoms with Gasteiger partial charge in [-0.1, -0.05) is 25.1 Å². The molecule has 0 amide bonds. The normalized spacial score (nSPS) is 13.3. The van der Waals surface area contributed by atoms with Gasteiger partial charge >= 0.3 is 0 Å². The lowest BCUT2D eigenvalue weighted by Crippen LogP contribution is -2.39. The van der Waals surface area contributed by atoms with Crippen molar-refractivity contribution in [3.05, 3.63) is 30.3 Å². The fourth-order valence-corrected chi connectivity index (χ4v) is 2.39. The molecule has 1 N–H and O–H groups in total. The Morgan fingerprint density at radius 1 is 1.35 bits per heavy atom. The summed E-state index contributed by atoms with van der Waals surface area (Å²) in [5, 5.41) is 3.85. The van der Waals surface area contributed by atoms with Crippen LogP contribution in [0, 0.1) is 0 Å². The number of thioether (sulfide) groups is 1. The van der Waals surface area contributed by atoms with Crippen molar-refractivity contribution in [2.24, 2.45) is 4.99 Å². The Morgan fingerprint density at radius 3 is 2.53 bits per heavy atom. The maximum Gasteiger partial charge on any atom is 0.193 e. The number of nitrogens with one attached hydrogen (secondary N) is 1. The van der Waals surface area contributed by atoms with Crippen molar-refractivity contribution >= 4 is 17.7 Å². The van der Waals surface area contributed by atoms with E-state index in [1.807, 2.05) is 36.8 Å². The third kappa shape index (κ3) is 5.13. The van der Waals surface area contributed by atoms with Crippen molar-refractivity contribution in [3.8, 4) is 0 Å². The van der Waals surface area contributed by atoms with Gasteiger partial charge in [0.1, 0.15) is 0 Å². The van der Waals surface area contributed by atoms with E-state index in [4.69, 9.17) is 0 Å². The van der Waals surface area contributed by atoms with Crippen LogP contribution in [-0.4, -0.2) is 43.8 Å². The van der Waals surface area contributed by atoms with E-state index in [1.54, 1.807) is 7.05 Å². The van der Waals surface area contributed by atoms with Crippen molar-refractivity contribution < 1.29 is 0 Å². The topological polar surface area (TPSA) is 27.6 Å². The van der Waals surface area contributed by atoms with Gasteiger partial charge in [0.05, 0.1) is 0 Å². The van der Waals surface area contributed by atoms with Crippen LogP contribution in [0.4, 0.5) is 0 Å². The summed E-state index contributed by atoms with van der Waals surface area (Å²) < 4.78 is 0. The van der Waals surface area contributed by atoms with Gasteiger partial charge < -0.3 is 10.2 Å². The molecule has 0 aliphatic heterocycles. The Balaban J connectivity index is 2.38. The highest BCUT2D eigenvalue weighted by atomic mass is 32.2. The number of benzene rings is 1. The Labute approximate surface area is 108 Å². The van der Waals surface area contributed by atoms with Crippen molar-refractivity contribution in [2.75, 3.05) is 27.7 Å². The van der Waals surface area contributed by atoms with Crippen molar-refractivity contribution in [3.63, 3.8) is 0 Å². The largest absolute Gasteiger partial charge is 0.355 e. The average Bonchev–Trinajstić information content (AvgIpc) is 2.30. The van der Waals surface area contributed by atoms with Crippen LogP contribution in [0.2, 0.25) is 0 Å². The quantitative estimate of drug-likeness (QED) is 0.505. The number of rotatable bonds is 4. The molecule has 17 heavy (non-hydrogen) atoms.